The summed E-state index contributed by atoms with van der Waals surface area (Å²) >= 11 is 0. The van der Waals surface area contributed by atoms with Crippen molar-refractivity contribution in [1.29, 1.82) is 0 Å². The van der Waals surface area contributed by atoms with Crippen LogP contribution in [0.4, 0.5) is 10.5 Å². The van der Waals surface area contributed by atoms with E-state index in [1.807, 2.05) is 48.8 Å². The van der Waals surface area contributed by atoms with Crippen LogP contribution in [0.5, 0.6) is 11.5 Å². The van der Waals surface area contributed by atoms with Gasteiger partial charge in [0.05, 0.1) is 23.9 Å². The molecule has 3 aromatic rings. The number of amides is 2. The van der Waals surface area contributed by atoms with Gasteiger partial charge in [0.25, 0.3) is 0 Å². The standard InChI is InChI=1S/C21H24N4O3/c1-3-10-25-14-22-17-11-15(8-9-18(17)25)23-21(26)24(2)12-16-13-27-19-6-4-5-7-20(19)28-16/h4-9,11,14,16H,3,10,12-13H2,1-2H3,(H,23,26). The quantitative estimate of drug-likeness (QED) is 0.732. The highest BCUT2D eigenvalue weighted by Crippen LogP contribution is 2.31. The first-order chi connectivity index (χ1) is 13.6. The zero-order valence-electron chi connectivity index (χ0n) is 16.1. The van der Waals surface area contributed by atoms with Gasteiger partial charge in [-0.25, -0.2) is 9.78 Å². The summed E-state index contributed by atoms with van der Waals surface area (Å²) in [7, 11) is 1.74. The van der Waals surface area contributed by atoms with Crippen molar-refractivity contribution in [3.05, 3.63) is 48.8 Å². The Hall–Kier alpha value is -3.22. The van der Waals surface area contributed by atoms with Gasteiger partial charge in [-0.3, -0.25) is 0 Å². The number of aryl methyl sites for hydroxylation is 1. The fraction of sp³-hybridized carbons (Fsp3) is 0.333. The summed E-state index contributed by atoms with van der Waals surface area (Å²) in [5, 5.41) is 2.93. The van der Waals surface area contributed by atoms with E-state index < -0.39 is 0 Å². The van der Waals surface area contributed by atoms with Crippen LogP contribution >= 0.6 is 0 Å². The summed E-state index contributed by atoms with van der Waals surface area (Å²) in [4.78, 5) is 18.6. The van der Waals surface area contributed by atoms with Gasteiger partial charge in [0, 0.05) is 19.3 Å². The minimum atomic E-state index is -0.210. The average Bonchev–Trinajstić information content (AvgIpc) is 3.10. The van der Waals surface area contributed by atoms with Gasteiger partial charge in [0.1, 0.15) is 6.61 Å². The number of anilines is 1. The molecular weight excluding hydrogens is 356 g/mol. The molecule has 2 aromatic carbocycles. The number of rotatable bonds is 5. The van der Waals surface area contributed by atoms with Gasteiger partial charge in [0.2, 0.25) is 0 Å². The van der Waals surface area contributed by atoms with Crippen LogP contribution in [0.15, 0.2) is 48.8 Å². The molecule has 7 nitrogen and oxygen atoms in total. The number of hydrogen-bond donors (Lipinski definition) is 1. The largest absolute Gasteiger partial charge is 0.486 e. The zero-order chi connectivity index (χ0) is 19.5. The van der Waals surface area contributed by atoms with Gasteiger partial charge in [-0.15, -0.1) is 0 Å². The monoisotopic (exact) mass is 380 g/mol. The lowest BCUT2D eigenvalue weighted by molar-refractivity contribution is 0.0731. The first kappa shape index (κ1) is 18.2. The zero-order valence-corrected chi connectivity index (χ0v) is 16.1. The van der Waals surface area contributed by atoms with Crippen molar-refractivity contribution in [3.63, 3.8) is 0 Å². The molecule has 1 atom stereocenters. The third-order valence-corrected chi connectivity index (χ3v) is 4.73. The van der Waals surface area contributed by atoms with E-state index in [9.17, 15) is 4.79 Å². The number of hydrogen-bond acceptors (Lipinski definition) is 4. The molecule has 146 valence electrons. The topological polar surface area (TPSA) is 68.6 Å². The molecule has 1 unspecified atom stereocenters. The summed E-state index contributed by atoms with van der Waals surface area (Å²) in [6.07, 6.45) is 2.67. The molecule has 0 bridgehead atoms. The number of imidazole rings is 1. The molecule has 0 fully saturated rings. The van der Waals surface area contributed by atoms with Crippen LogP contribution in [-0.2, 0) is 6.54 Å². The molecule has 2 amide bonds. The second kappa shape index (κ2) is 7.80. The summed E-state index contributed by atoms with van der Waals surface area (Å²) < 4.78 is 13.8. The Balaban J connectivity index is 1.37. The third kappa shape index (κ3) is 3.74. The Kier molecular flexibility index (Phi) is 5.06. The van der Waals surface area contributed by atoms with Crippen LogP contribution in [-0.4, -0.2) is 46.8 Å². The second-order valence-electron chi connectivity index (χ2n) is 6.95. The maximum atomic E-state index is 12.6. The Labute approximate surface area is 163 Å². The molecule has 0 saturated carbocycles. The number of carbonyl (C=O) groups excluding carboxylic acids is 1. The van der Waals surface area contributed by atoms with E-state index in [2.05, 4.69) is 21.8 Å². The number of nitrogens with one attached hydrogen (secondary N) is 1. The minimum Gasteiger partial charge on any atom is -0.486 e. The number of para-hydroxylation sites is 2. The normalized spacial score (nSPS) is 15.4. The minimum absolute atomic E-state index is 0.199. The van der Waals surface area contributed by atoms with Gasteiger partial charge in [-0.1, -0.05) is 19.1 Å². The first-order valence-corrected chi connectivity index (χ1v) is 9.49. The van der Waals surface area contributed by atoms with Crippen molar-refractivity contribution in [2.24, 2.45) is 0 Å². The van der Waals surface area contributed by atoms with Gasteiger partial charge < -0.3 is 24.3 Å². The Morgan fingerprint density at radius 1 is 1.29 bits per heavy atom. The van der Waals surface area contributed by atoms with Crippen molar-refractivity contribution >= 4 is 22.8 Å². The highest BCUT2D eigenvalue weighted by molar-refractivity contribution is 5.91. The lowest BCUT2D eigenvalue weighted by atomic mass is 10.2. The van der Waals surface area contributed by atoms with Crippen molar-refractivity contribution < 1.29 is 14.3 Å². The van der Waals surface area contributed by atoms with E-state index in [0.29, 0.717) is 18.9 Å². The lowest BCUT2D eigenvalue weighted by Crippen LogP contribution is -2.43. The molecule has 4 rings (SSSR count). The Morgan fingerprint density at radius 3 is 2.93 bits per heavy atom. The van der Waals surface area contributed by atoms with Gasteiger partial charge >= 0.3 is 6.03 Å². The van der Waals surface area contributed by atoms with Crippen LogP contribution in [0.25, 0.3) is 11.0 Å². The van der Waals surface area contributed by atoms with E-state index in [1.165, 1.54) is 0 Å². The molecule has 1 aliphatic rings. The van der Waals surface area contributed by atoms with Gasteiger partial charge in [-0.2, -0.15) is 0 Å². The number of carbonyl (C=O) groups is 1. The van der Waals surface area contributed by atoms with Crippen molar-refractivity contribution in [2.45, 2.75) is 26.0 Å². The second-order valence-corrected chi connectivity index (χ2v) is 6.95. The number of fused-ring (bicyclic) bond motifs is 2. The van der Waals surface area contributed by atoms with Crippen LogP contribution in [0, 0.1) is 0 Å². The number of ether oxygens (including phenoxy) is 2. The molecular formula is C21H24N4O3. The van der Waals surface area contributed by atoms with Crippen LogP contribution < -0.4 is 14.8 Å². The van der Waals surface area contributed by atoms with E-state index in [0.717, 1.165) is 35.4 Å². The molecule has 1 N–H and O–H groups in total. The van der Waals surface area contributed by atoms with E-state index in [-0.39, 0.29) is 12.1 Å². The summed E-state index contributed by atoms with van der Waals surface area (Å²) in [5.74, 6) is 1.45. The smallest absolute Gasteiger partial charge is 0.321 e. The van der Waals surface area contributed by atoms with Crippen LogP contribution in [0.3, 0.4) is 0 Å². The summed E-state index contributed by atoms with van der Waals surface area (Å²) in [6, 6.07) is 13.1. The predicted molar refractivity (Wildman–Crippen MR) is 108 cm³/mol. The maximum absolute atomic E-state index is 12.6. The summed E-state index contributed by atoms with van der Waals surface area (Å²) in [6.45, 7) is 3.90. The number of likely N-dealkylation sites (N-methyl/N-ethyl adjacent to an activating group) is 1. The third-order valence-electron chi connectivity index (χ3n) is 4.73. The van der Waals surface area contributed by atoms with Crippen molar-refractivity contribution in [2.75, 3.05) is 25.5 Å². The molecule has 28 heavy (non-hydrogen) atoms. The van der Waals surface area contributed by atoms with Crippen molar-refractivity contribution in [1.82, 2.24) is 14.5 Å². The van der Waals surface area contributed by atoms with E-state index in [4.69, 9.17) is 9.47 Å². The number of urea groups is 1. The SMILES string of the molecule is CCCn1cnc2cc(NC(=O)N(C)CC3COc4ccccc4O3)ccc21. The van der Waals surface area contributed by atoms with E-state index >= 15 is 0 Å². The van der Waals surface area contributed by atoms with Gasteiger partial charge in [0.15, 0.2) is 17.6 Å². The van der Waals surface area contributed by atoms with Crippen LogP contribution in [0.1, 0.15) is 13.3 Å². The Morgan fingerprint density at radius 2 is 2.11 bits per heavy atom. The lowest BCUT2D eigenvalue weighted by Gasteiger charge is -2.29. The molecule has 0 aliphatic carbocycles. The number of aromatic nitrogens is 2. The maximum Gasteiger partial charge on any atom is 0.321 e. The van der Waals surface area contributed by atoms with Gasteiger partial charge in [-0.05, 0) is 36.8 Å². The van der Waals surface area contributed by atoms with Crippen LogP contribution in [0.2, 0.25) is 0 Å². The predicted octanol–water partition coefficient (Wildman–Crippen LogP) is 3.75. The molecule has 7 heteroatoms. The number of nitrogens with zero attached hydrogens (tertiary/aromatic N) is 3. The molecule has 1 aromatic heterocycles. The fourth-order valence-corrected chi connectivity index (χ4v) is 3.32. The molecule has 0 saturated heterocycles. The highest BCUT2D eigenvalue weighted by Gasteiger charge is 2.23. The molecule has 2 heterocycles. The molecule has 0 spiro atoms. The molecule has 0 radical (unpaired) electrons. The van der Waals surface area contributed by atoms with E-state index in [1.54, 1.807) is 11.9 Å². The average molecular weight is 380 g/mol. The number of benzene rings is 2. The Bertz CT molecular complexity index is 985. The first-order valence-electron chi connectivity index (χ1n) is 9.49. The highest BCUT2D eigenvalue weighted by atomic mass is 16.6. The summed E-state index contributed by atoms with van der Waals surface area (Å²) in [5.41, 5.74) is 2.66. The fourth-order valence-electron chi connectivity index (χ4n) is 3.32. The molecule has 1 aliphatic heterocycles. The van der Waals surface area contributed by atoms with Crippen molar-refractivity contribution in [3.8, 4) is 11.5 Å².